The first-order valence-electron chi connectivity index (χ1n) is 6.12. The van der Waals surface area contributed by atoms with Crippen LogP contribution >= 0.6 is 12.2 Å². The highest BCUT2D eigenvalue weighted by molar-refractivity contribution is 7.71. The standard InChI is InChI=1S/C12H13N5O3S/c1-16-10(14-15-12(16)21)6-7-13-11(18)8-4-2-3-5-9(8)17(19)20/h2-5H,6-7H2,1H3,(H,13,18)(H,15,21). The van der Waals surface area contributed by atoms with Crippen LogP contribution in [0.25, 0.3) is 0 Å². The summed E-state index contributed by atoms with van der Waals surface area (Å²) in [4.78, 5) is 22.3. The minimum atomic E-state index is -0.577. The van der Waals surface area contributed by atoms with Crippen molar-refractivity contribution in [2.45, 2.75) is 6.42 Å². The SMILES string of the molecule is Cn1c(CCNC(=O)c2ccccc2[N+](=O)[O-])n[nH]c1=S. The van der Waals surface area contributed by atoms with Gasteiger partial charge >= 0.3 is 0 Å². The summed E-state index contributed by atoms with van der Waals surface area (Å²) in [5.74, 6) is 0.210. The van der Waals surface area contributed by atoms with Crippen LogP contribution in [0, 0.1) is 14.9 Å². The van der Waals surface area contributed by atoms with Crippen molar-refractivity contribution in [1.29, 1.82) is 0 Å². The maximum Gasteiger partial charge on any atom is 0.282 e. The van der Waals surface area contributed by atoms with Gasteiger partial charge in [0.2, 0.25) is 0 Å². The van der Waals surface area contributed by atoms with Crippen LogP contribution in [0.15, 0.2) is 24.3 Å². The lowest BCUT2D eigenvalue weighted by Crippen LogP contribution is -2.27. The number of aromatic amines is 1. The minimum absolute atomic E-state index is 0.0397. The number of nitrogens with zero attached hydrogens (tertiary/aromatic N) is 3. The van der Waals surface area contributed by atoms with E-state index in [9.17, 15) is 14.9 Å². The molecule has 2 N–H and O–H groups in total. The summed E-state index contributed by atoms with van der Waals surface area (Å²) in [5, 5.41) is 20.2. The van der Waals surface area contributed by atoms with Crippen molar-refractivity contribution in [3.05, 3.63) is 50.5 Å². The van der Waals surface area contributed by atoms with Gasteiger partial charge in [-0.3, -0.25) is 20.0 Å². The van der Waals surface area contributed by atoms with Gasteiger partial charge in [-0.15, -0.1) is 0 Å². The molecule has 2 rings (SSSR count). The van der Waals surface area contributed by atoms with Crippen molar-refractivity contribution >= 4 is 23.8 Å². The third kappa shape index (κ3) is 3.31. The predicted octanol–water partition coefficient (Wildman–Crippen LogP) is 1.36. The minimum Gasteiger partial charge on any atom is -0.351 e. The first-order valence-corrected chi connectivity index (χ1v) is 6.53. The van der Waals surface area contributed by atoms with Gasteiger partial charge in [-0.25, -0.2) is 0 Å². The lowest BCUT2D eigenvalue weighted by Gasteiger charge is -2.05. The second-order valence-corrected chi connectivity index (χ2v) is 4.67. The summed E-state index contributed by atoms with van der Waals surface area (Å²) in [5.41, 5.74) is -0.175. The Morgan fingerprint density at radius 2 is 2.24 bits per heavy atom. The Morgan fingerprint density at radius 1 is 1.52 bits per heavy atom. The molecule has 1 aromatic carbocycles. The van der Waals surface area contributed by atoms with Crippen molar-refractivity contribution in [3.8, 4) is 0 Å². The summed E-state index contributed by atoms with van der Waals surface area (Å²) >= 11 is 4.98. The zero-order valence-electron chi connectivity index (χ0n) is 11.2. The number of rotatable bonds is 5. The number of amides is 1. The summed E-state index contributed by atoms with van der Waals surface area (Å²) < 4.78 is 2.20. The molecule has 0 aliphatic rings. The quantitative estimate of drug-likeness (QED) is 0.493. The van der Waals surface area contributed by atoms with E-state index in [-0.39, 0.29) is 11.3 Å². The number of H-pyrrole nitrogens is 1. The Kier molecular flexibility index (Phi) is 4.43. The molecule has 9 heteroatoms. The van der Waals surface area contributed by atoms with Crippen LogP contribution in [0.2, 0.25) is 0 Å². The fraction of sp³-hybridized carbons (Fsp3) is 0.250. The normalized spacial score (nSPS) is 10.3. The molecule has 2 aromatic rings. The fourth-order valence-electron chi connectivity index (χ4n) is 1.81. The molecular formula is C12H13N5O3S. The van der Waals surface area contributed by atoms with E-state index in [1.54, 1.807) is 17.7 Å². The first-order chi connectivity index (χ1) is 10.0. The molecule has 0 atom stereocenters. The number of hydrogen-bond donors (Lipinski definition) is 2. The number of carbonyl (C=O) groups excluding carboxylic acids is 1. The third-order valence-electron chi connectivity index (χ3n) is 2.95. The van der Waals surface area contributed by atoms with Crippen LogP contribution in [0.5, 0.6) is 0 Å². The van der Waals surface area contributed by atoms with Crippen LogP contribution in [-0.2, 0) is 13.5 Å². The number of para-hydroxylation sites is 1. The van der Waals surface area contributed by atoms with Gasteiger partial charge in [-0.05, 0) is 18.3 Å². The molecule has 0 bridgehead atoms. The van der Waals surface area contributed by atoms with E-state index in [4.69, 9.17) is 12.2 Å². The monoisotopic (exact) mass is 307 g/mol. The lowest BCUT2D eigenvalue weighted by atomic mass is 10.1. The average molecular weight is 307 g/mol. The Balaban J connectivity index is 2.01. The Labute approximate surface area is 124 Å². The summed E-state index contributed by atoms with van der Waals surface area (Å²) in [7, 11) is 1.77. The molecule has 1 aromatic heterocycles. The van der Waals surface area contributed by atoms with Gasteiger partial charge in [0.05, 0.1) is 4.92 Å². The molecule has 0 aliphatic heterocycles. The average Bonchev–Trinajstić information content (AvgIpc) is 2.79. The van der Waals surface area contributed by atoms with E-state index in [1.165, 1.54) is 18.2 Å². The topological polar surface area (TPSA) is 106 Å². The lowest BCUT2D eigenvalue weighted by molar-refractivity contribution is -0.385. The van der Waals surface area contributed by atoms with Gasteiger partial charge in [0.15, 0.2) is 4.77 Å². The van der Waals surface area contributed by atoms with E-state index in [0.717, 1.165) is 0 Å². The number of nitro benzene ring substituents is 1. The number of carbonyl (C=O) groups is 1. The molecule has 1 heterocycles. The first kappa shape index (κ1) is 14.9. The van der Waals surface area contributed by atoms with Gasteiger partial charge in [0.25, 0.3) is 11.6 Å². The van der Waals surface area contributed by atoms with Crippen LogP contribution in [-0.4, -0.2) is 32.1 Å². The molecule has 8 nitrogen and oxygen atoms in total. The van der Waals surface area contributed by atoms with Crippen LogP contribution in [0.1, 0.15) is 16.2 Å². The largest absolute Gasteiger partial charge is 0.351 e. The number of nitrogens with one attached hydrogen (secondary N) is 2. The molecule has 0 radical (unpaired) electrons. The number of hydrogen-bond acceptors (Lipinski definition) is 5. The zero-order chi connectivity index (χ0) is 15.4. The van der Waals surface area contributed by atoms with E-state index < -0.39 is 10.8 Å². The number of benzene rings is 1. The third-order valence-corrected chi connectivity index (χ3v) is 3.32. The van der Waals surface area contributed by atoms with Gasteiger partial charge in [0, 0.05) is 26.1 Å². The van der Waals surface area contributed by atoms with E-state index >= 15 is 0 Å². The second-order valence-electron chi connectivity index (χ2n) is 4.28. The van der Waals surface area contributed by atoms with E-state index in [1.807, 2.05) is 0 Å². The highest BCUT2D eigenvalue weighted by Crippen LogP contribution is 2.17. The fourth-order valence-corrected chi connectivity index (χ4v) is 1.96. The van der Waals surface area contributed by atoms with Gasteiger partial charge in [-0.1, -0.05) is 12.1 Å². The van der Waals surface area contributed by atoms with E-state index in [2.05, 4.69) is 15.5 Å². The number of nitro groups is 1. The van der Waals surface area contributed by atoms with Crippen molar-refractivity contribution in [2.75, 3.05) is 6.54 Å². The van der Waals surface area contributed by atoms with Gasteiger partial charge < -0.3 is 9.88 Å². The Bertz CT molecular complexity index is 736. The molecule has 0 spiro atoms. The van der Waals surface area contributed by atoms with Crippen LogP contribution in [0.3, 0.4) is 0 Å². The van der Waals surface area contributed by atoms with Crippen molar-refractivity contribution in [1.82, 2.24) is 20.1 Å². The van der Waals surface area contributed by atoms with Crippen molar-refractivity contribution in [2.24, 2.45) is 7.05 Å². The molecule has 0 saturated heterocycles. The highest BCUT2D eigenvalue weighted by Gasteiger charge is 2.18. The van der Waals surface area contributed by atoms with E-state index in [0.29, 0.717) is 23.6 Å². The molecule has 0 unspecified atom stereocenters. The second kappa shape index (κ2) is 6.27. The molecule has 21 heavy (non-hydrogen) atoms. The predicted molar refractivity (Wildman–Crippen MR) is 77.5 cm³/mol. The highest BCUT2D eigenvalue weighted by atomic mass is 32.1. The smallest absolute Gasteiger partial charge is 0.282 e. The molecular weight excluding hydrogens is 294 g/mol. The molecule has 110 valence electrons. The maximum atomic E-state index is 12.0. The van der Waals surface area contributed by atoms with Crippen LogP contribution < -0.4 is 5.32 Å². The molecule has 0 aliphatic carbocycles. The van der Waals surface area contributed by atoms with Crippen LogP contribution in [0.4, 0.5) is 5.69 Å². The molecule has 0 fully saturated rings. The van der Waals surface area contributed by atoms with Gasteiger partial charge in [-0.2, -0.15) is 5.10 Å². The Morgan fingerprint density at radius 3 is 2.86 bits per heavy atom. The maximum absolute atomic E-state index is 12.0. The zero-order valence-corrected chi connectivity index (χ0v) is 12.0. The Hall–Kier alpha value is -2.55. The molecule has 0 saturated carbocycles. The number of aromatic nitrogens is 3. The van der Waals surface area contributed by atoms with Crippen molar-refractivity contribution in [3.63, 3.8) is 0 Å². The van der Waals surface area contributed by atoms with Gasteiger partial charge in [0.1, 0.15) is 11.4 Å². The summed E-state index contributed by atoms with van der Waals surface area (Å²) in [6.45, 7) is 0.304. The molecule has 1 amide bonds. The van der Waals surface area contributed by atoms with Crippen molar-refractivity contribution < 1.29 is 9.72 Å². The summed E-state index contributed by atoms with van der Waals surface area (Å²) in [6, 6.07) is 5.82. The summed E-state index contributed by atoms with van der Waals surface area (Å²) in [6.07, 6.45) is 0.468.